The first kappa shape index (κ1) is 14.5. The van der Waals surface area contributed by atoms with Crippen LogP contribution in [0.3, 0.4) is 0 Å². The Kier molecular flexibility index (Phi) is 3.46. The average Bonchev–Trinajstić information content (AvgIpc) is 2.59. The monoisotopic (exact) mass is 304 g/mol. The van der Waals surface area contributed by atoms with Crippen molar-refractivity contribution < 1.29 is 9.59 Å². The van der Waals surface area contributed by atoms with Gasteiger partial charge in [-0.15, -0.1) is 0 Å². The van der Waals surface area contributed by atoms with Gasteiger partial charge in [0.05, 0.1) is 0 Å². The summed E-state index contributed by atoms with van der Waals surface area (Å²) >= 11 is 0. The van der Waals surface area contributed by atoms with Crippen LogP contribution in [0.4, 0.5) is 0 Å². The summed E-state index contributed by atoms with van der Waals surface area (Å²) < 4.78 is 0. The van der Waals surface area contributed by atoms with Gasteiger partial charge in [0.2, 0.25) is 11.8 Å². The molecule has 1 N–H and O–H groups in total. The standard InChI is InChI=1S/C18H28N2O2/c1-12-11-19-16(21)2-3-20(12)17(22)10-18-7-13-4-14(8-18)6-15(5-13)9-18/h12-15H,2-11H2,1H3,(H,19,21)/t12-,13?,14?,15?,18?/m0/s1. The highest BCUT2D eigenvalue weighted by atomic mass is 16.2. The van der Waals surface area contributed by atoms with E-state index >= 15 is 0 Å². The molecule has 5 aliphatic rings. The summed E-state index contributed by atoms with van der Waals surface area (Å²) in [6, 6.07) is 0.132. The van der Waals surface area contributed by atoms with Crippen molar-refractivity contribution in [3.63, 3.8) is 0 Å². The SMILES string of the molecule is C[C@H]1CNC(=O)CCN1C(=O)CC12CC3CC(CC(C3)C1)C2. The van der Waals surface area contributed by atoms with E-state index in [1.54, 1.807) is 0 Å². The van der Waals surface area contributed by atoms with Crippen LogP contribution in [0.1, 0.15) is 58.3 Å². The molecule has 0 unspecified atom stereocenters. The van der Waals surface area contributed by atoms with E-state index in [0.717, 1.165) is 24.2 Å². The quantitative estimate of drug-likeness (QED) is 0.851. The molecule has 4 saturated carbocycles. The molecule has 0 aromatic heterocycles. The van der Waals surface area contributed by atoms with Crippen LogP contribution in [0, 0.1) is 23.2 Å². The Bertz CT molecular complexity index is 452. The van der Waals surface area contributed by atoms with Crippen molar-refractivity contribution in [1.29, 1.82) is 0 Å². The van der Waals surface area contributed by atoms with Crippen LogP contribution < -0.4 is 5.32 Å². The predicted octanol–water partition coefficient (Wildman–Crippen LogP) is 2.33. The molecule has 4 bridgehead atoms. The summed E-state index contributed by atoms with van der Waals surface area (Å²) in [4.78, 5) is 26.5. The number of carbonyl (C=O) groups excluding carboxylic acids is 2. The van der Waals surface area contributed by atoms with Crippen molar-refractivity contribution in [3.8, 4) is 0 Å². The van der Waals surface area contributed by atoms with Crippen LogP contribution in [0.25, 0.3) is 0 Å². The van der Waals surface area contributed by atoms with Crippen molar-refractivity contribution in [1.82, 2.24) is 10.2 Å². The zero-order valence-corrected chi connectivity index (χ0v) is 13.6. The van der Waals surface area contributed by atoms with Gasteiger partial charge in [-0.05, 0) is 68.6 Å². The van der Waals surface area contributed by atoms with Crippen LogP contribution in [-0.2, 0) is 9.59 Å². The van der Waals surface area contributed by atoms with Crippen molar-refractivity contribution in [3.05, 3.63) is 0 Å². The van der Waals surface area contributed by atoms with Crippen molar-refractivity contribution in [2.75, 3.05) is 13.1 Å². The number of carbonyl (C=O) groups is 2. The first-order chi connectivity index (χ1) is 10.5. The smallest absolute Gasteiger partial charge is 0.223 e. The summed E-state index contributed by atoms with van der Waals surface area (Å²) in [6.45, 7) is 3.26. The molecule has 1 atom stereocenters. The van der Waals surface area contributed by atoms with Gasteiger partial charge in [0.15, 0.2) is 0 Å². The molecule has 0 radical (unpaired) electrons. The summed E-state index contributed by atoms with van der Waals surface area (Å²) in [5.41, 5.74) is 0.301. The molecule has 1 saturated heterocycles. The molecule has 1 aliphatic heterocycles. The van der Waals surface area contributed by atoms with Crippen LogP contribution in [-0.4, -0.2) is 35.8 Å². The second-order valence-corrected chi connectivity index (χ2v) is 8.58. The molecular weight excluding hydrogens is 276 g/mol. The van der Waals surface area contributed by atoms with E-state index < -0.39 is 0 Å². The van der Waals surface area contributed by atoms with Gasteiger partial charge in [-0.2, -0.15) is 0 Å². The van der Waals surface area contributed by atoms with Crippen molar-refractivity contribution in [2.24, 2.45) is 23.2 Å². The first-order valence-electron chi connectivity index (χ1n) is 9.09. The van der Waals surface area contributed by atoms with Crippen LogP contribution in [0.5, 0.6) is 0 Å². The van der Waals surface area contributed by atoms with E-state index in [9.17, 15) is 9.59 Å². The summed E-state index contributed by atoms with van der Waals surface area (Å²) in [7, 11) is 0. The number of nitrogens with one attached hydrogen (secondary N) is 1. The lowest BCUT2D eigenvalue weighted by atomic mass is 9.49. The van der Waals surface area contributed by atoms with E-state index in [4.69, 9.17) is 0 Å². The average molecular weight is 304 g/mol. The number of hydrogen-bond acceptors (Lipinski definition) is 2. The summed E-state index contributed by atoms with van der Waals surface area (Å²) in [5, 5.41) is 2.91. The molecule has 4 nitrogen and oxygen atoms in total. The summed E-state index contributed by atoms with van der Waals surface area (Å²) in [5.74, 6) is 3.06. The molecule has 4 aliphatic carbocycles. The maximum atomic E-state index is 12.9. The number of amides is 2. The Balaban J connectivity index is 1.46. The molecule has 0 aromatic carbocycles. The second-order valence-electron chi connectivity index (χ2n) is 8.58. The molecule has 22 heavy (non-hydrogen) atoms. The fourth-order valence-corrected chi connectivity index (χ4v) is 6.20. The summed E-state index contributed by atoms with van der Waals surface area (Å²) in [6.07, 6.45) is 9.30. The van der Waals surface area contributed by atoms with Crippen LogP contribution in [0.15, 0.2) is 0 Å². The lowest BCUT2D eigenvalue weighted by Gasteiger charge is -2.57. The Labute approximate surface area is 133 Å². The molecule has 1 heterocycles. The zero-order valence-electron chi connectivity index (χ0n) is 13.6. The van der Waals surface area contributed by atoms with E-state index in [1.165, 1.54) is 38.5 Å². The third-order valence-corrected chi connectivity index (χ3v) is 6.72. The molecule has 0 aromatic rings. The molecule has 4 heteroatoms. The molecule has 0 spiro atoms. The number of hydrogen-bond donors (Lipinski definition) is 1. The molecule has 2 amide bonds. The Hall–Kier alpha value is -1.06. The maximum Gasteiger partial charge on any atom is 0.223 e. The largest absolute Gasteiger partial charge is 0.354 e. The molecule has 5 rings (SSSR count). The normalized spacial score (nSPS) is 43.9. The Morgan fingerprint density at radius 3 is 2.36 bits per heavy atom. The van der Waals surface area contributed by atoms with E-state index in [0.29, 0.717) is 30.8 Å². The highest BCUT2D eigenvalue weighted by Gasteiger charge is 2.51. The third-order valence-electron chi connectivity index (χ3n) is 6.72. The zero-order chi connectivity index (χ0) is 15.3. The van der Waals surface area contributed by atoms with Gasteiger partial charge in [0, 0.05) is 32.0 Å². The lowest BCUT2D eigenvalue weighted by molar-refractivity contribution is -0.141. The van der Waals surface area contributed by atoms with Crippen LogP contribution in [0.2, 0.25) is 0 Å². The van der Waals surface area contributed by atoms with E-state index in [2.05, 4.69) is 12.2 Å². The Morgan fingerprint density at radius 2 is 1.77 bits per heavy atom. The van der Waals surface area contributed by atoms with Gasteiger partial charge < -0.3 is 10.2 Å². The van der Waals surface area contributed by atoms with Gasteiger partial charge in [0.25, 0.3) is 0 Å². The van der Waals surface area contributed by atoms with E-state index in [1.807, 2.05) is 4.90 Å². The molecular formula is C18H28N2O2. The highest BCUT2D eigenvalue weighted by molar-refractivity contribution is 5.81. The molecule has 5 fully saturated rings. The van der Waals surface area contributed by atoms with Crippen molar-refractivity contribution in [2.45, 2.75) is 64.3 Å². The lowest BCUT2D eigenvalue weighted by Crippen LogP contribution is -2.50. The van der Waals surface area contributed by atoms with Gasteiger partial charge in [-0.3, -0.25) is 9.59 Å². The van der Waals surface area contributed by atoms with E-state index in [-0.39, 0.29) is 11.9 Å². The predicted molar refractivity (Wildman–Crippen MR) is 84.0 cm³/mol. The molecule has 122 valence electrons. The third kappa shape index (κ3) is 2.55. The Morgan fingerprint density at radius 1 is 1.18 bits per heavy atom. The minimum atomic E-state index is 0.0805. The van der Waals surface area contributed by atoms with Gasteiger partial charge in [-0.1, -0.05) is 0 Å². The van der Waals surface area contributed by atoms with Gasteiger partial charge in [-0.25, -0.2) is 0 Å². The fourth-order valence-electron chi connectivity index (χ4n) is 6.20. The van der Waals surface area contributed by atoms with Crippen molar-refractivity contribution >= 4 is 11.8 Å². The topological polar surface area (TPSA) is 49.4 Å². The van der Waals surface area contributed by atoms with Gasteiger partial charge in [0.1, 0.15) is 0 Å². The van der Waals surface area contributed by atoms with Crippen LogP contribution >= 0.6 is 0 Å². The minimum absolute atomic E-state index is 0.0805. The fraction of sp³-hybridized carbons (Fsp3) is 0.889. The number of nitrogens with zero attached hydrogens (tertiary/aromatic N) is 1. The maximum absolute atomic E-state index is 12.9. The second kappa shape index (κ2) is 5.24. The number of rotatable bonds is 2. The first-order valence-corrected chi connectivity index (χ1v) is 9.09. The van der Waals surface area contributed by atoms with Gasteiger partial charge >= 0.3 is 0 Å². The highest BCUT2D eigenvalue weighted by Crippen LogP contribution is 2.61. The minimum Gasteiger partial charge on any atom is -0.354 e.